The van der Waals surface area contributed by atoms with Gasteiger partial charge in [-0.25, -0.2) is 13.8 Å². The van der Waals surface area contributed by atoms with Crippen LogP contribution in [0.4, 0.5) is 4.79 Å². The van der Waals surface area contributed by atoms with Crippen molar-refractivity contribution in [3.05, 3.63) is 54.9 Å². The average Bonchev–Trinajstić information content (AvgIpc) is 2.85. The average molecular weight is 409 g/mol. The van der Waals surface area contributed by atoms with Crippen LogP contribution in [-0.4, -0.2) is 17.7 Å². The molecule has 0 spiro atoms. The summed E-state index contributed by atoms with van der Waals surface area (Å²) in [6.45, 7) is 0. The molecule has 0 saturated heterocycles. The molecule has 1 aromatic carbocycles. The highest BCUT2D eigenvalue weighted by Gasteiger charge is 2.15. The zero-order chi connectivity index (χ0) is 14.8. The molecular formula is C16H16IN3O2. The first-order valence-electron chi connectivity index (χ1n) is 6.65. The number of ether oxygens (including phenoxy) is 1. The van der Waals surface area contributed by atoms with E-state index in [0.29, 0.717) is 5.75 Å². The SMILES string of the molecule is CNC(=O)Oc1ccc(-c2c[n+]3ccccc3n2C)cc1.[I-]. The van der Waals surface area contributed by atoms with E-state index >= 15 is 0 Å². The third-order valence-electron chi connectivity index (χ3n) is 3.40. The monoisotopic (exact) mass is 409 g/mol. The van der Waals surface area contributed by atoms with E-state index in [1.807, 2.05) is 37.5 Å². The van der Waals surface area contributed by atoms with Gasteiger partial charge in [-0.1, -0.05) is 6.07 Å². The van der Waals surface area contributed by atoms with E-state index in [1.54, 1.807) is 12.1 Å². The standard InChI is InChI=1S/C16H15N3O2.HI/c1-17-16(20)21-13-8-6-12(7-9-13)14-11-19-10-4-3-5-15(19)18(14)2;/h3-11H,1-2H3;1H. The molecule has 3 aromatic rings. The molecule has 3 rings (SSSR count). The van der Waals surface area contributed by atoms with Crippen molar-refractivity contribution >= 4 is 11.7 Å². The summed E-state index contributed by atoms with van der Waals surface area (Å²) in [7, 11) is 3.56. The number of aryl methyl sites for hydroxylation is 1. The number of imidazole rings is 1. The second-order valence-corrected chi connectivity index (χ2v) is 4.70. The number of carbonyl (C=O) groups excluding carboxylic acids is 1. The maximum Gasteiger partial charge on any atom is 0.412 e. The van der Waals surface area contributed by atoms with Crippen LogP contribution in [0.1, 0.15) is 0 Å². The second kappa shape index (κ2) is 6.78. The molecule has 1 N–H and O–H groups in total. The number of amides is 1. The molecule has 0 fully saturated rings. The van der Waals surface area contributed by atoms with Crippen molar-refractivity contribution in [2.45, 2.75) is 0 Å². The zero-order valence-corrected chi connectivity index (χ0v) is 14.4. The van der Waals surface area contributed by atoms with Crippen molar-refractivity contribution in [2.24, 2.45) is 7.05 Å². The molecule has 0 aliphatic heterocycles. The Morgan fingerprint density at radius 1 is 1.18 bits per heavy atom. The fraction of sp³-hybridized carbons (Fsp3) is 0.125. The number of hydrogen-bond acceptors (Lipinski definition) is 2. The predicted molar refractivity (Wildman–Crippen MR) is 79.1 cm³/mol. The highest BCUT2D eigenvalue weighted by atomic mass is 127. The van der Waals surface area contributed by atoms with E-state index in [0.717, 1.165) is 16.9 Å². The maximum atomic E-state index is 11.2. The Bertz CT molecular complexity index is 797. The van der Waals surface area contributed by atoms with Crippen LogP contribution in [0.2, 0.25) is 0 Å². The van der Waals surface area contributed by atoms with Crippen molar-refractivity contribution in [3.8, 4) is 17.0 Å². The van der Waals surface area contributed by atoms with E-state index < -0.39 is 6.09 Å². The molecule has 0 radical (unpaired) electrons. The molecular weight excluding hydrogens is 393 g/mol. The first kappa shape index (κ1) is 16.3. The Labute approximate surface area is 145 Å². The van der Waals surface area contributed by atoms with Crippen LogP contribution in [0.5, 0.6) is 5.75 Å². The van der Waals surface area contributed by atoms with Crippen LogP contribution < -0.4 is 38.4 Å². The number of aromatic nitrogens is 2. The molecule has 0 saturated carbocycles. The van der Waals surface area contributed by atoms with Crippen LogP contribution >= 0.6 is 0 Å². The summed E-state index contributed by atoms with van der Waals surface area (Å²) >= 11 is 0. The number of pyridine rings is 1. The lowest BCUT2D eigenvalue weighted by Gasteiger charge is -2.03. The molecule has 1 amide bonds. The molecule has 22 heavy (non-hydrogen) atoms. The quantitative estimate of drug-likeness (QED) is 0.443. The molecule has 114 valence electrons. The van der Waals surface area contributed by atoms with E-state index in [4.69, 9.17) is 4.74 Å². The van der Waals surface area contributed by atoms with E-state index in [9.17, 15) is 4.79 Å². The number of halogens is 1. The van der Waals surface area contributed by atoms with Gasteiger partial charge in [-0.05, 0) is 30.3 Å². The zero-order valence-electron chi connectivity index (χ0n) is 12.3. The Morgan fingerprint density at radius 3 is 2.55 bits per heavy atom. The lowest BCUT2D eigenvalue weighted by Crippen LogP contribution is -3.00. The van der Waals surface area contributed by atoms with Gasteiger partial charge in [-0.15, -0.1) is 0 Å². The minimum absolute atomic E-state index is 0. The van der Waals surface area contributed by atoms with Crippen molar-refractivity contribution < 1.29 is 37.9 Å². The van der Waals surface area contributed by atoms with E-state index in [2.05, 4.69) is 26.5 Å². The number of fused-ring (bicyclic) bond motifs is 1. The number of carbonyl (C=O) groups is 1. The van der Waals surface area contributed by atoms with Gasteiger partial charge in [-0.2, -0.15) is 0 Å². The minimum Gasteiger partial charge on any atom is -1.00 e. The van der Waals surface area contributed by atoms with Gasteiger partial charge in [0.2, 0.25) is 0 Å². The topological polar surface area (TPSA) is 47.4 Å². The largest absolute Gasteiger partial charge is 1.00 e. The first-order chi connectivity index (χ1) is 10.2. The molecule has 0 bridgehead atoms. The first-order valence-corrected chi connectivity index (χ1v) is 6.65. The fourth-order valence-electron chi connectivity index (χ4n) is 2.30. The number of nitrogens with zero attached hydrogens (tertiary/aromatic N) is 2. The number of benzene rings is 1. The Kier molecular flexibility index (Phi) is 5.02. The molecule has 2 heterocycles. The molecule has 6 heteroatoms. The van der Waals surface area contributed by atoms with Gasteiger partial charge in [-0.3, -0.25) is 0 Å². The van der Waals surface area contributed by atoms with E-state index in [1.165, 1.54) is 7.05 Å². The molecule has 2 aromatic heterocycles. The number of rotatable bonds is 2. The van der Waals surface area contributed by atoms with Crippen LogP contribution in [0, 0.1) is 0 Å². The summed E-state index contributed by atoms with van der Waals surface area (Å²) < 4.78 is 9.27. The molecule has 5 nitrogen and oxygen atoms in total. The fourth-order valence-corrected chi connectivity index (χ4v) is 2.30. The van der Waals surface area contributed by atoms with Gasteiger partial charge in [0.05, 0.1) is 13.2 Å². The lowest BCUT2D eigenvalue weighted by molar-refractivity contribution is -0.510. The van der Waals surface area contributed by atoms with Gasteiger partial charge in [0.1, 0.15) is 11.9 Å². The summed E-state index contributed by atoms with van der Waals surface area (Å²) in [4.78, 5) is 11.2. The third-order valence-corrected chi connectivity index (χ3v) is 3.40. The Hall–Kier alpha value is -2.09. The minimum atomic E-state index is -0.470. The van der Waals surface area contributed by atoms with Gasteiger partial charge in [0.15, 0.2) is 5.69 Å². The smallest absolute Gasteiger partial charge is 0.412 e. The van der Waals surface area contributed by atoms with Crippen LogP contribution in [0.3, 0.4) is 0 Å². The van der Waals surface area contributed by atoms with Crippen molar-refractivity contribution in [3.63, 3.8) is 0 Å². The number of nitrogens with one attached hydrogen (secondary N) is 1. The highest BCUT2D eigenvalue weighted by Crippen LogP contribution is 2.22. The van der Waals surface area contributed by atoms with Crippen molar-refractivity contribution in [1.82, 2.24) is 9.88 Å². The predicted octanol–water partition coefficient (Wildman–Crippen LogP) is -0.847. The summed E-state index contributed by atoms with van der Waals surface area (Å²) in [5, 5.41) is 2.42. The van der Waals surface area contributed by atoms with Gasteiger partial charge < -0.3 is 34.0 Å². The summed E-state index contributed by atoms with van der Waals surface area (Å²) in [6.07, 6.45) is 3.62. The summed E-state index contributed by atoms with van der Waals surface area (Å²) in [5.41, 5.74) is 3.26. The lowest BCUT2D eigenvalue weighted by atomic mass is 10.1. The van der Waals surface area contributed by atoms with Crippen LogP contribution in [-0.2, 0) is 7.05 Å². The van der Waals surface area contributed by atoms with Gasteiger partial charge in [0, 0.05) is 18.7 Å². The van der Waals surface area contributed by atoms with Crippen molar-refractivity contribution in [2.75, 3.05) is 7.05 Å². The Balaban J connectivity index is 0.00000176. The maximum absolute atomic E-state index is 11.2. The third kappa shape index (κ3) is 3.06. The highest BCUT2D eigenvalue weighted by molar-refractivity contribution is 5.70. The normalized spacial score (nSPS) is 10.1. The Morgan fingerprint density at radius 2 is 1.91 bits per heavy atom. The van der Waals surface area contributed by atoms with E-state index in [-0.39, 0.29) is 24.0 Å². The molecule has 0 aliphatic rings. The van der Waals surface area contributed by atoms with Crippen molar-refractivity contribution in [1.29, 1.82) is 0 Å². The van der Waals surface area contributed by atoms with Gasteiger partial charge >= 0.3 is 6.09 Å². The van der Waals surface area contributed by atoms with Crippen LogP contribution in [0.15, 0.2) is 54.9 Å². The molecule has 0 unspecified atom stereocenters. The molecule has 0 atom stereocenters. The summed E-state index contributed by atoms with van der Waals surface area (Å²) in [5.74, 6) is 0.518. The van der Waals surface area contributed by atoms with Crippen LogP contribution in [0.25, 0.3) is 16.9 Å². The number of hydrogen-bond donors (Lipinski definition) is 1. The van der Waals surface area contributed by atoms with Gasteiger partial charge in [0.25, 0.3) is 5.65 Å². The summed E-state index contributed by atoms with van der Waals surface area (Å²) in [6, 6.07) is 13.5. The second-order valence-electron chi connectivity index (χ2n) is 4.70. The molecule has 0 aliphatic carbocycles.